The highest BCUT2D eigenvalue weighted by molar-refractivity contribution is 8.01. The Kier molecular flexibility index (Phi) is 9.93. The van der Waals surface area contributed by atoms with Crippen LogP contribution in [-0.2, 0) is 33.9 Å². The van der Waals surface area contributed by atoms with Crippen molar-refractivity contribution in [3.05, 3.63) is 77.1 Å². The van der Waals surface area contributed by atoms with Crippen molar-refractivity contribution in [2.45, 2.75) is 76.4 Å². The third-order valence-electron chi connectivity index (χ3n) is 5.60. The third-order valence-corrected chi connectivity index (χ3v) is 6.79. The van der Waals surface area contributed by atoms with Gasteiger partial charge in [0, 0.05) is 31.6 Å². The summed E-state index contributed by atoms with van der Waals surface area (Å²) in [6.45, 7) is 15.1. The fourth-order valence-corrected chi connectivity index (χ4v) is 4.79. The number of carbonyl (C=O) groups excluding carboxylic acids is 1. The predicted octanol–water partition coefficient (Wildman–Crippen LogP) is 5.50. The van der Waals surface area contributed by atoms with Crippen molar-refractivity contribution in [1.29, 1.82) is 0 Å². The maximum absolute atomic E-state index is 12.6. The molecule has 0 saturated carbocycles. The summed E-state index contributed by atoms with van der Waals surface area (Å²) < 4.78 is 12.1. The lowest BCUT2D eigenvalue weighted by Gasteiger charge is -2.28. The van der Waals surface area contributed by atoms with E-state index in [2.05, 4.69) is 70.7 Å². The lowest BCUT2D eigenvalue weighted by molar-refractivity contribution is -0.156. The van der Waals surface area contributed by atoms with Gasteiger partial charge in [0.2, 0.25) is 0 Å². The van der Waals surface area contributed by atoms with Crippen molar-refractivity contribution >= 4 is 17.7 Å². The number of thioether (sulfide) groups is 1. The van der Waals surface area contributed by atoms with Crippen LogP contribution in [0.25, 0.3) is 0 Å². The number of aromatic nitrogens is 3. The molecule has 0 radical (unpaired) electrons. The van der Waals surface area contributed by atoms with Gasteiger partial charge in [-0.2, -0.15) is 0 Å². The zero-order valence-corrected chi connectivity index (χ0v) is 24.0. The first kappa shape index (κ1) is 28.9. The van der Waals surface area contributed by atoms with Crippen LogP contribution in [0.4, 0.5) is 0 Å². The first-order chi connectivity index (χ1) is 17.4. The van der Waals surface area contributed by atoms with Gasteiger partial charge in [-0.1, -0.05) is 47.2 Å². The van der Waals surface area contributed by atoms with E-state index in [4.69, 9.17) is 9.47 Å². The number of ether oxygens (including phenoxy) is 2. The summed E-state index contributed by atoms with van der Waals surface area (Å²) in [5.41, 5.74) is 4.05. The summed E-state index contributed by atoms with van der Waals surface area (Å²) in [7, 11) is 1.72. The average Bonchev–Trinajstić information content (AvgIpc) is 3.24. The van der Waals surface area contributed by atoms with Crippen LogP contribution in [0.5, 0.6) is 0 Å². The van der Waals surface area contributed by atoms with Gasteiger partial charge < -0.3 is 9.47 Å². The minimum atomic E-state index is -0.677. The molecule has 0 saturated heterocycles. The van der Waals surface area contributed by atoms with Crippen LogP contribution in [0.2, 0.25) is 0 Å². The highest BCUT2D eigenvalue weighted by Gasteiger charge is 2.33. The van der Waals surface area contributed by atoms with Gasteiger partial charge in [0.1, 0.15) is 10.3 Å². The standard InChI is InChI=1S/C29H40N4O3S/c1-22-9-8-10-24(17-22)19-33-21-25(30-31-33)20-32(15-16-35-7)18-23-11-13-26(14-12-23)37-29(5,6)27(34)36-28(2,3)4/h8-14,17,21H,15-16,18-20H2,1-7H3. The Morgan fingerprint density at radius 3 is 2.41 bits per heavy atom. The molecule has 0 N–H and O–H groups in total. The van der Waals surface area contributed by atoms with Gasteiger partial charge in [0.05, 0.1) is 25.0 Å². The van der Waals surface area contributed by atoms with Gasteiger partial charge in [-0.05, 0) is 64.8 Å². The molecule has 0 atom stereocenters. The highest BCUT2D eigenvalue weighted by atomic mass is 32.2. The summed E-state index contributed by atoms with van der Waals surface area (Å²) in [6.07, 6.45) is 2.01. The van der Waals surface area contributed by atoms with Gasteiger partial charge in [-0.25, -0.2) is 4.68 Å². The number of rotatable bonds is 12. The molecule has 0 spiro atoms. The molecule has 0 bridgehead atoms. The van der Waals surface area contributed by atoms with E-state index in [9.17, 15) is 4.79 Å². The lowest BCUT2D eigenvalue weighted by atomic mass is 10.1. The average molecular weight is 525 g/mol. The lowest BCUT2D eigenvalue weighted by Crippen LogP contribution is -2.36. The van der Waals surface area contributed by atoms with Crippen LogP contribution < -0.4 is 0 Å². The summed E-state index contributed by atoms with van der Waals surface area (Å²) in [6, 6.07) is 16.8. The zero-order valence-electron chi connectivity index (χ0n) is 23.2. The zero-order chi connectivity index (χ0) is 27.1. The summed E-state index contributed by atoms with van der Waals surface area (Å²) in [5.74, 6) is -0.213. The Hall–Kier alpha value is -2.68. The maximum atomic E-state index is 12.6. The summed E-state index contributed by atoms with van der Waals surface area (Å²) in [5, 5.41) is 8.74. The SMILES string of the molecule is COCCN(Cc1ccc(SC(C)(C)C(=O)OC(C)(C)C)cc1)Cc1cn(Cc2cccc(C)c2)nn1. The molecule has 0 amide bonds. The molecule has 0 aliphatic rings. The first-order valence-corrected chi connectivity index (χ1v) is 13.4. The number of methoxy groups -OCH3 is 1. The Balaban J connectivity index is 1.61. The molecule has 3 aromatic rings. The molecule has 0 aliphatic heterocycles. The van der Waals surface area contributed by atoms with Crippen LogP contribution in [0.15, 0.2) is 59.6 Å². The second-order valence-electron chi connectivity index (χ2n) is 10.9. The van der Waals surface area contributed by atoms with Crippen LogP contribution in [0.1, 0.15) is 57.0 Å². The Bertz CT molecular complexity index is 1150. The minimum absolute atomic E-state index is 0.213. The Labute approximate surface area is 225 Å². The van der Waals surface area contributed by atoms with Crippen molar-refractivity contribution in [3.63, 3.8) is 0 Å². The molecule has 0 unspecified atom stereocenters. The second-order valence-corrected chi connectivity index (χ2v) is 12.6. The van der Waals surface area contributed by atoms with Crippen LogP contribution >= 0.6 is 11.8 Å². The van der Waals surface area contributed by atoms with E-state index >= 15 is 0 Å². The number of esters is 1. The van der Waals surface area contributed by atoms with Gasteiger partial charge in [0.15, 0.2) is 0 Å². The highest BCUT2D eigenvalue weighted by Crippen LogP contribution is 2.34. The molecule has 1 heterocycles. The number of carbonyl (C=O) groups is 1. The topological polar surface area (TPSA) is 69.5 Å². The quantitative estimate of drug-likeness (QED) is 0.229. The molecule has 2 aromatic carbocycles. The molecular formula is C29H40N4O3S. The molecule has 3 rings (SSSR count). The summed E-state index contributed by atoms with van der Waals surface area (Å²) >= 11 is 1.51. The van der Waals surface area contributed by atoms with E-state index in [0.717, 1.165) is 23.7 Å². The monoisotopic (exact) mass is 524 g/mol. The smallest absolute Gasteiger partial charge is 0.322 e. The number of hydrogen-bond acceptors (Lipinski definition) is 7. The number of benzene rings is 2. The second kappa shape index (κ2) is 12.7. The van der Waals surface area contributed by atoms with Crippen molar-refractivity contribution in [2.24, 2.45) is 0 Å². The maximum Gasteiger partial charge on any atom is 0.322 e. The molecule has 8 heteroatoms. The summed E-state index contributed by atoms with van der Waals surface area (Å²) in [4.78, 5) is 15.9. The van der Waals surface area contributed by atoms with Gasteiger partial charge >= 0.3 is 5.97 Å². The largest absolute Gasteiger partial charge is 0.459 e. The molecule has 0 aliphatic carbocycles. The van der Waals surface area contributed by atoms with E-state index < -0.39 is 10.3 Å². The minimum Gasteiger partial charge on any atom is -0.459 e. The van der Waals surface area contributed by atoms with E-state index in [1.807, 2.05) is 45.5 Å². The third kappa shape index (κ3) is 9.61. The predicted molar refractivity (Wildman–Crippen MR) is 149 cm³/mol. The first-order valence-electron chi connectivity index (χ1n) is 12.6. The molecular weight excluding hydrogens is 484 g/mol. The fraction of sp³-hybridized carbons (Fsp3) is 0.483. The van der Waals surface area contributed by atoms with Crippen molar-refractivity contribution in [2.75, 3.05) is 20.3 Å². The van der Waals surface area contributed by atoms with Crippen molar-refractivity contribution < 1.29 is 14.3 Å². The van der Waals surface area contributed by atoms with Crippen molar-refractivity contribution in [1.82, 2.24) is 19.9 Å². The molecule has 37 heavy (non-hydrogen) atoms. The number of aryl methyl sites for hydroxylation is 1. The Morgan fingerprint density at radius 2 is 1.76 bits per heavy atom. The van der Waals surface area contributed by atoms with Gasteiger partial charge in [-0.3, -0.25) is 9.69 Å². The van der Waals surface area contributed by atoms with E-state index in [1.165, 1.54) is 28.5 Å². The molecule has 0 fully saturated rings. The van der Waals surface area contributed by atoms with Crippen molar-refractivity contribution in [3.8, 4) is 0 Å². The normalized spacial score (nSPS) is 12.2. The Morgan fingerprint density at radius 1 is 1.03 bits per heavy atom. The van der Waals surface area contributed by atoms with Gasteiger partial charge in [-0.15, -0.1) is 16.9 Å². The van der Waals surface area contributed by atoms with Crippen LogP contribution in [0.3, 0.4) is 0 Å². The fourth-order valence-electron chi connectivity index (χ4n) is 3.81. The van der Waals surface area contributed by atoms with E-state index in [0.29, 0.717) is 19.7 Å². The molecule has 1 aromatic heterocycles. The molecule has 7 nitrogen and oxygen atoms in total. The van der Waals surface area contributed by atoms with Crippen LogP contribution in [-0.4, -0.2) is 56.5 Å². The van der Waals surface area contributed by atoms with E-state index in [-0.39, 0.29) is 5.97 Å². The number of hydrogen-bond donors (Lipinski definition) is 0. The molecule has 200 valence electrons. The van der Waals surface area contributed by atoms with E-state index in [1.54, 1.807) is 7.11 Å². The number of nitrogens with zero attached hydrogens (tertiary/aromatic N) is 4. The van der Waals surface area contributed by atoms with Gasteiger partial charge in [0.25, 0.3) is 0 Å². The van der Waals surface area contributed by atoms with Crippen LogP contribution in [0, 0.1) is 6.92 Å².